The summed E-state index contributed by atoms with van der Waals surface area (Å²) < 4.78 is 16.7. The maximum Gasteiger partial charge on any atom is 0.205 e. The molecule has 2 saturated heterocycles. The minimum atomic E-state index is 0.563. The molecule has 4 rings (SSSR count). The lowest BCUT2D eigenvalue weighted by Gasteiger charge is -2.34. The molecule has 0 amide bonds. The predicted octanol–water partition coefficient (Wildman–Crippen LogP) is 3.36. The summed E-state index contributed by atoms with van der Waals surface area (Å²) >= 11 is 0. The Morgan fingerprint density at radius 1 is 0.931 bits per heavy atom. The molecule has 0 spiro atoms. The largest absolute Gasteiger partial charge is 0.493 e. The standard InChI is InChI=1S/C22H32N4O3/c1-27-18-14-17-19(21(29-3)20(18)28-2)23-15-24-22(17)26-12-7-16(8-13-26)6-11-25-9-4-5-10-25/h14-16H,4-13H2,1-3H3. The Bertz CT molecular complexity index is 830. The van der Waals surface area contributed by atoms with Crippen LogP contribution < -0.4 is 19.1 Å². The van der Waals surface area contributed by atoms with Gasteiger partial charge in [-0.25, -0.2) is 9.97 Å². The number of nitrogens with zero attached hydrogens (tertiary/aromatic N) is 4. The van der Waals surface area contributed by atoms with Crippen LogP contribution in [0.1, 0.15) is 32.1 Å². The van der Waals surface area contributed by atoms with Crippen LogP contribution >= 0.6 is 0 Å². The number of rotatable bonds is 7. The van der Waals surface area contributed by atoms with Crippen molar-refractivity contribution in [3.05, 3.63) is 12.4 Å². The highest BCUT2D eigenvalue weighted by Gasteiger charge is 2.25. The number of hydrogen-bond acceptors (Lipinski definition) is 7. The first kappa shape index (κ1) is 20.0. The van der Waals surface area contributed by atoms with E-state index in [1.807, 2.05) is 6.07 Å². The van der Waals surface area contributed by atoms with Gasteiger partial charge in [0.05, 0.1) is 26.7 Å². The normalized spacial score (nSPS) is 18.4. The fraction of sp³-hybridized carbons (Fsp3) is 0.636. The smallest absolute Gasteiger partial charge is 0.205 e. The molecule has 0 unspecified atom stereocenters. The van der Waals surface area contributed by atoms with Crippen LogP contribution in [0, 0.1) is 5.92 Å². The summed E-state index contributed by atoms with van der Waals surface area (Å²) in [6.45, 7) is 5.88. The Morgan fingerprint density at radius 3 is 2.31 bits per heavy atom. The van der Waals surface area contributed by atoms with Crippen molar-refractivity contribution in [2.45, 2.75) is 32.1 Å². The molecule has 2 aliphatic heterocycles. The average Bonchev–Trinajstić information content (AvgIpc) is 3.30. The molecule has 158 valence electrons. The van der Waals surface area contributed by atoms with E-state index in [0.717, 1.165) is 35.7 Å². The lowest BCUT2D eigenvalue weighted by atomic mass is 9.93. The second kappa shape index (κ2) is 9.03. The van der Waals surface area contributed by atoms with Gasteiger partial charge in [0, 0.05) is 13.1 Å². The van der Waals surface area contributed by atoms with Gasteiger partial charge in [-0.15, -0.1) is 0 Å². The predicted molar refractivity (Wildman–Crippen MR) is 114 cm³/mol. The van der Waals surface area contributed by atoms with E-state index in [4.69, 9.17) is 14.2 Å². The molecule has 2 fully saturated rings. The van der Waals surface area contributed by atoms with Crippen molar-refractivity contribution in [1.29, 1.82) is 0 Å². The molecular weight excluding hydrogens is 368 g/mol. The quantitative estimate of drug-likeness (QED) is 0.706. The number of benzene rings is 1. The van der Waals surface area contributed by atoms with Crippen molar-refractivity contribution in [2.75, 3.05) is 59.0 Å². The third-order valence-corrected chi connectivity index (χ3v) is 6.38. The highest BCUT2D eigenvalue weighted by molar-refractivity contribution is 5.97. The molecular formula is C22H32N4O3. The van der Waals surface area contributed by atoms with Gasteiger partial charge in [0.25, 0.3) is 0 Å². The summed E-state index contributed by atoms with van der Waals surface area (Å²) in [6, 6.07) is 1.96. The van der Waals surface area contributed by atoms with Crippen LogP contribution in [0.5, 0.6) is 17.2 Å². The van der Waals surface area contributed by atoms with Crippen LogP contribution in [-0.4, -0.2) is 68.9 Å². The molecule has 2 aromatic rings. The molecule has 7 nitrogen and oxygen atoms in total. The second-order valence-electron chi connectivity index (χ2n) is 8.01. The first-order valence-corrected chi connectivity index (χ1v) is 10.7. The van der Waals surface area contributed by atoms with Gasteiger partial charge in [0.15, 0.2) is 11.5 Å². The lowest BCUT2D eigenvalue weighted by Crippen LogP contribution is -2.35. The highest BCUT2D eigenvalue weighted by Crippen LogP contribution is 2.44. The van der Waals surface area contributed by atoms with Crippen molar-refractivity contribution in [3.63, 3.8) is 0 Å². The number of methoxy groups -OCH3 is 3. The number of anilines is 1. The molecule has 3 heterocycles. The van der Waals surface area contributed by atoms with Crippen molar-refractivity contribution in [2.24, 2.45) is 5.92 Å². The minimum absolute atomic E-state index is 0.563. The molecule has 7 heteroatoms. The maximum atomic E-state index is 5.61. The van der Waals surface area contributed by atoms with Crippen LogP contribution in [0.3, 0.4) is 0 Å². The van der Waals surface area contributed by atoms with E-state index in [0.29, 0.717) is 17.2 Å². The van der Waals surface area contributed by atoms with E-state index in [2.05, 4.69) is 19.8 Å². The molecule has 0 saturated carbocycles. The molecule has 0 N–H and O–H groups in total. The molecule has 1 aromatic heterocycles. The molecule has 0 atom stereocenters. The molecule has 1 aromatic carbocycles. The Balaban J connectivity index is 1.52. The lowest BCUT2D eigenvalue weighted by molar-refractivity contribution is 0.280. The third-order valence-electron chi connectivity index (χ3n) is 6.38. The summed E-state index contributed by atoms with van der Waals surface area (Å²) in [5, 5.41) is 0.942. The van der Waals surface area contributed by atoms with Crippen LogP contribution in [0.4, 0.5) is 5.82 Å². The van der Waals surface area contributed by atoms with E-state index in [-0.39, 0.29) is 0 Å². The van der Waals surface area contributed by atoms with Gasteiger partial charge in [-0.2, -0.15) is 0 Å². The van der Waals surface area contributed by atoms with Crippen molar-refractivity contribution < 1.29 is 14.2 Å². The van der Waals surface area contributed by atoms with Crippen LogP contribution in [0.15, 0.2) is 12.4 Å². The molecule has 0 bridgehead atoms. The summed E-state index contributed by atoms with van der Waals surface area (Å²) in [4.78, 5) is 14.1. The first-order chi connectivity index (χ1) is 14.2. The monoisotopic (exact) mass is 400 g/mol. The van der Waals surface area contributed by atoms with E-state index in [9.17, 15) is 0 Å². The Hall–Kier alpha value is -2.28. The van der Waals surface area contributed by atoms with E-state index in [1.54, 1.807) is 27.7 Å². The Labute approximate surface area is 173 Å². The second-order valence-corrected chi connectivity index (χ2v) is 8.01. The van der Waals surface area contributed by atoms with Crippen LogP contribution in [-0.2, 0) is 0 Å². The number of hydrogen-bond donors (Lipinski definition) is 0. The first-order valence-electron chi connectivity index (χ1n) is 10.7. The Kier molecular flexibility index (Phi) is 6.23. The topological polar surface area (TPSA) is 60.0 Å². The zero-order chi connectivity index (χ0) is 20.2. The van der Waals surface area contributed by atoms with Gasteiger partial charge >= 0.3 is 0 Å². The number of ether oxygens (including phenoxy) is 3. The fourth-order valence-corrected chi connectivity index (χ4v) is 4.71. The fourth-order valence-electron chi connectivity index (χ4n) is 4.71. The van der Waals surface area contributed by atoms with Gasteiger partial charge in [-0.05, 0) is 63.7 Å². The van der Waals surface area contributed by atoms with E-state index in [1.165, 1.54) is 51.7 Å². The minimum Gasteiger partial charge on any atom is -0.493 e. The summed E-state index contributed by atoms with van der Waals surface area (Å²) in [5.74, 6) is 3.54. The number of aromatic nitrogens is 2. The zero-order valence-corrected chi connectivity index (χ0v) is 17.8. The van der Waals surface area contributed by atoms with Crippen molar-refractivity contribution in [3.8, 4) is 17.2 Å². The Morgan fingerprint density at radius 2 is 1.66 bits per heavy atom. The van der Waals surface area contributed by atoms with Crippen molar-refractivity contribution >= 4 is 16.7 Å². The van der Waals surface area contributed by atoms with Gasteiger partial charge in [-0.1, -0.05) is 0 Å². The summed E-state index contributed by atoms with van der Waals surface area (Å²) in [7, 11) is 4.88. The zero-order valence-electron chi connectivity index (χ0n) is 17.8. The molecule has 29 heavy (non-hydrogen) atoms. The third kappa shape index (κ3) is 4.06. The van der Waals surface area contributed by atoms with Gasteiger partial charge in [0.2, 0.25) is 5.75 Å². The van der Waals surface area contributed by atoms with Gasteiger partial charge < -0.3 is 24.0 Å². The van der Waals surface area contributed by atoms with Crippen molar-refractivity contribution in [1.82, 2.24) is 14.9 Å². The highest BCUT2D eigenvalue weighted by atomic mass is 16.5. The number of piperidine rings is 1. The van der Waals surface area contributed by atoms with Crippen LogP contribution in [0.2, 0.25) is 0 Å². The molecule has 0 aliphatic carbocycles. The van der Waals surface area contributed by atoms with E-state index < -0.39 is 0 Å². The number of likely N-dealkylation sites (tertiary alicyclic amines) is 1. The number of fused-ring (bicyclic) bond motifs is 1. The van der Waals surface area contributed by atoms with Gasteiger partial charge in [0.1, 0.15) is 17.7 Å². The summed E-state index contributed by atoms with van der Waals surface area (Å²) in [5.41, 5.74) is 0.756. The molecule has 0 radical (unpaired) electrons. The maximum absolute atomic E-state index is 5.61. The van der Waals surface area contributed by atoms with Crippen LogP contribution in [0.25, 0.3) is 10.9 Å². The average molecular weight is 401 g/mol. The SMILES string of the molecule is COc1cc2c(N3CCC(CCN4CCCC4)CC3)ncnc2c(OC)c1OC. The van der Waals surface area contributed by atoms with Gasteiger partial charge in [-0.3, -0.25) is 0 Å². The molecule has 2 aliphatic rings. The summed E-state index contributed by atoms with van der Waals surface area (Å²) in [6.07, 6.45) is 8.10. The van der Waals surface area contributed by atoms with E-state index >= 15 is 0 Å².